The number of benzene rings is 1. The Morgan fingerprint density at radius 2 is 1.85 bits per heavy atom. The van der Waals surface area contributed by atoms with E-state index in [-0.39, 0.29) is 24.9 Å². The minimum absolute atomic E-state index is 0. The number of hydrogen-bond donors (Lipinski definition) is 4. The van der Waals surface area contributed by atoms with Crippen LogP contribution < -0.4 is 33.7 Å². The second-order valence-electron chi connectivity index (χ2n) is 5.44. The van der Waals surface area contributed by atoms with Crippen LogP contribution in [0.5, 0.6) is 0 Å². The van der Waals surface area contributed by atoms with Crippen molar-refractivity contribution < 1.29 is 32.0 Å². The minimum Gasteiger partial charge on any atom is -1.00 e. The van der Waals surface area contributed by atoms with E-state index in [1.807, 2.05) is 41.7 Å². The molecule has 0 radical (unpaired) electrons. The highest BCUT2D eigenvalue weighted by molar-refractivity contribution is 5.88. The molecule has 2 amide bonds. The van der Waals surface area contributed by atoms with E-state index < -0.39 is 6.09 Å². The number of aromatic nitrogens is 1. The van der Waals surface area contributed by atoms with E-state index >= 15 is 0 Å². The molecule has 27 heavy (non-hydrogen) atoms. The zero-order chi connectivity index (χ0) is 18.8. The van der Waals surface area contributed by atoms with Crippen LogP contribution in [0.1, 0.15) is 13.8 Å². The molecule has 1 aromatic heterocycles. The summed E-state index contributed by atoms with van der Waals surface area (Å²) in [4.78, 5) is 27.2. The van der Waals surface area contributed by atoms with Crippen LogP contribution in [0.15, 0.2) is 42.5 Å². The third-order valence-electron chi connectivity index (χ3n) is 3.33. The number of carbonyl (C=O) groups is 2. The molecule has 9 heteroatoms. The van der Waals surface area contributed by atoms with Crippen LogP contribution in [0, 0.1) is 0 Å². The van der Waals surface area contributed by atoms with Gasteiger partial charge in [-0.05, 0) is 25.1 Å². The van der Waals surface area contributed by atoms with Crippen LogP contribution in [0.25, 0.3) is 0 Å². The van der Waals surface area contributed by atoms with Crippen molar-refractivity contribution >= 4 is 35.0 Å². The number of nitrogens with two attached hydrogens (primary N) is 1. The topological polar surface area (TPSA) is 109 Å². The van der Waals surface area contributed by atoms with Gasteiger partial charge in [-0.3, -0.25) is 15.4 Å². The number of nitrogens with zero attached hydrogens (tertiary/aromatic N) is 1. The molecule has 2 rings (SSSR count). The van der Waals surface area contributed by atoms with E-state index in [9.17, 15) is 9.59 Å². The van der Waals surface area contributed by atoms with Gasteiger partial charge in [-0.15, -0.1) is 0 Å². The zero-order valence-corrected chi connectivity index (χ0v) is 16.0. The van der Waals surface area contributed by atoms with Gasteiger partial charge in [0.05, 0.1) is 12.3 Å². The summed E-state index contributed by atoms with van der Waals surface area (Å²) in [5.41, 5.74) is 1.53. The molecule has 0 bridgehead atoms. The summed E-state index contributed by atoms with van der Waals surface area (Å²) in [5, 5.41) is 10.4. The Labute approximate surface area is 164 Å². The van der Waals surface area contributed by atoms with Gasteiger partial charge < -0.3 is 27.8 Å². The number of nitrogens with one attached hydrogen (secondary N) is 3. The Kier molecular flexibility index (Phi) is 9.63. The van der Waals surface area contributed by atoms with Crippen molar-refractivity contribution in [1.29, 1.82) is 0 Å². The van der Waals surface area contributed by atoms with Crippen LogP contribution in [-0.4, -0.2) is 36.7 Å². The van der Waals surface area contributed by atoms with E-state index in [0.717, 1.165) is 11.5 Å². The van der Waals surface area contributed by atoms with E-state index in [4.69, 9.17) is 4.74 Å². The van der Waals surface area contributed by atoms with E-state index in [1.165, 1.54) is 6.92 Å². The normalized spacial score (nSPS) is 9.70. The van der Waals surface area contributed by atoms with Crippen LogP contribution in [-0.2, 0) is 9.53 Å². The number of quaternary nitrogens is 1. The molecule has 0 aliphatic heterocycles. The number of pyridine rings is 1. The van der Waals surface area contributed by atoms with Gasteiger partial charge in [-0.2, -0.15) is 4.98 Å². The molecule has 0 aliphatic rings. The fourth-order valence-electron chi connectivity index (χ4n) is 2.21. The zero-order valence-electron chi connectivity index (χ0n) is 15.3. The fourth-order valence-corrected chi connectivity index (χ4v) is 2.21. The molecule has 2 aromatic rings. The average Bonchev–Trinajstić information content (AvgIpc) is 2.61. The second kappa shape index (κ2) is 11.7. The number of amides is 2. The molecule has 0 saturated carbocycles. The predicted molar refractivity (Wildman–Crippen MR) is 99.7 cm³/mol. The fraction of sp³-hybridized carbons (Fsp3) is 0.278. The molecule has 0 fully saturated rings. The molecule has 5 N–H and O–H groups in total. The number of carbonyl (C=O) groups excluding carboxylic acids is 2. The first-order valence-corrected chi connectivity index (χ1v) is 8.41. The SMILES string of the molecule is CCOC(=O)Nc1ccc([NH2+]c2ccccc2)nc1NCCNC(C)=O.[Cl-]. The second-order valence-corrected chi connectivity index (χ2v) is 5.44. The summed E-state index contributed by atoms with van der Waals surface area (Å²) in [6, 6.07) is 13.4. The third kappa shape index (κ3) is 7.93. The largest absolute Gasteiger partial charge is 1.00 e. The van der Waals surface area contributed by atoms with Gasteiger partial charge in [0, 0.05) is 26.1 Å². The Morgan fingerprint density at radius 3 is 2.52 bits per heavy atom. The standard InChI is InChI=1S/C18H23N5O3.ClH/c1-3-26-18(25)22-15-9-10-16(21-14-7-5-4-6-8-14)23-17(15)20-12-11-19-13(2)24;/h4-10H,3,11-12H2,1-2H3,(H,19,24)(H,22,25)(H2,20,21,23);1H. The first kappa shape index (κ1) is 22.2. The lowest BCUT2D eigenvalue weighted by molar-refractivity contribution is -0.482. The van der Waals surface area contributed by atoms with Crippen LogP contribution >= 0.6 is 0 Å². The average molecular weight is 394 g/mol. The molecule has 0 saturated heterocycles. The van der Waals surface area contributed by atoms with E-state index in [1.54, 1.807) is 13.0 Å². The summed E-state index contributed by atoms with van der Waals surface area (Å²) in [6.45, 7) is 4.40. The number of para-hydroxylation sites is 1. The highest BCUT2D eigenvalue weighted by Crippen LogP contribution is 2.20. The van der Waals surface area contributed by atoms with Crippen molar-refractivity contribution in [2.45, 2.75) is 13.8 Å². The molecule has 1 heterocycles. The molecule has 0 atom stereocenters. The van der Waals surface area contributed by atoms with Crippen molar-refractivity contribution in [3.05, 3.63) is 42.5 Å². The number of halogens is 1. The maximum Gasteiger partial charge on any atom is 0.411 e. The molecular formula is C18H24ClN5O3. The van der Waals surface area contributed by atoms with E-state index in [0.29, 0.717) is 24.6 Å². The quantitative estimate of drug-likeness (QED) is 0.330. The van der Waals surface area contributed by atoms with Gasteiger partial charge >= 0.3 is 6.09 Å². The Bertz CT molecular complexity index is 743. The number of anilines is 2. The van der Waals surface area contributed by atoms with Gasteiger partial charge in [-0.1, -0.05) is 18.2 Å². The van der Waals surface area contributed by atoms with E-state index in [2.05, 4.69) is 20.9 Å². The summed E-state index contributed by atoms with van der Waals surface area (Å²) < 4.78 is 4.91. The Balaban J connectivity index is 0.00000364. The summed E-state index contributed by atoms with van der Waals surface area (Å²) in [7, 11) is 0. The van der Waals surface area contributed by atoms with Crippen molar-refractivity contribution in [3.8, 4) is 0 Å². The molecule has 0 aliphatic carbocycles. The number of rotatable bonds is 8. The monoisotopic (exact) mass is 393 g/mol. The molecule has 0 spiro atoms. The van der Waals surface area contributed by atoms with Crippen molar-refractivity contribution in [3.63, 3.8) is 0 Å². The summed E-state index contributed by atoms with van der Waals surface area (Å²) in [5.74, 6) is 1.15. The third-order valence-corrected chi connectivity index (χ3v) is 3.33. The van der Waals surface area contributed by atoms with Crippen LogP contribution in [0.4, 0.5) is 27.8 Å². The first-order chi connectivity index (χ1) is 12.6. The van der Waals surface area contributed by atoms with Crippen LogP contribution in [0.3, 0.4) is 0 Å². The first-order valence-electron chi connectivity index (χ1n) is 8.41. The van der Waals surface area contributed by atoms with Gasteiger partial charge in [0.25, 0.3) is 0 Å². The molecular weight excluding hydrogens is 370 g/mol. The molecule has 146 valence electrons. The lowest BCUT2D eigenvalue weighted by Gasteiger charge is -2.13. The van der Waals surface area contributed by atoms with Crippen molar-refractivity contribution in [1.82, 2.24) is 10.3 Å². The number of hydrogen-bond acceptors (Lipinski definition) is 5. The molecule has 0 unspecified atom stereocenters. The lowest BCUT2D eigenvalue weighted by Crippen LogP contribution is -3.00. The smallest absolute Gasteiger partial charge is 0.411 e. The summed E-state index contributed by atoms with van der Waals surface area (Å²) >= 11 is 0. The molecule has 1 aromatic carbocycles. The predicted octanol–water partition coefficient (Wildman–Crippen LogP) is -1.27. The number of ether oxygens (including phenoxy) is 1. The maximum atomic E-state index is 11.7. The highest BCUT2D eigenvalue weighted by atomic mass is 35.5. The molecule has 8 nitrogen and oxygen atoms in total. The van der Waals surface area contributed by atoms with Gasteiger partial charge in [0.2, 0.25) is 11.7 Å². The Hall–Kier alpha value is -2.84. The van der Waals surface area contributed by atoms with Crippen molar-refractivity contribution in [2.75, 3.05) is 30.3 Å². The highest BCUT2D eigenvalue weighted by Gasteiger charge is 2.12. The maximum absolute atomic E-state index is 11.7. The van der Waals surface area contributed by atoms with Gasteiger partial charge in [0.1, 0.15) is 5.69 Å². The minimum atomic E-state index is -0.543. The van der Waals surface area contributed by atoms with Gasteiger partial charge in [-0.25, -0.2) is 4.79 Å². The van der Waals surface area contributed by atoms with Gasteiger partial charge in [0.15, 0.2) is 5.82 Å². The Morgan fingerprint density at radius 1 is 1.11 bits per heavy atom. The van der Waals surface area contributed by atoms with Crippen LogP contribution in [0.2, 0.25) is 0 Å². The summed E-state index contributed by atoms with van der Waals surface area (Å²) in [6.07, 6.45) is -0.543. The lowest BCUT2D eigenvalue weighted by atomic mass is 10.3. The van der Waals surface area contributed by atoms with Crippen molar-refractivity contribution in [2.24, 2.45) is 0 Å².